The highest BCUT2D eigenvalue weighted by Crippen LogP contribution is 2.47. The lowest BCUT2D eigenvalue weighted by molar-refractivity contribution is 0.185. The molecule has 0 spiro atoms. The summed E-state index contributed by atoms with van der Waals surface area (Å²) in [5.41, 5.74) is 2.63. The normalized spacial score (nSPS) is 29.0. The van der Waals surface area contributed by atoms with Gasteiger partial charge in [-0.3, -0.25) is 0 Å². The molecule has 0 aliphatic heterocycles. The highest BCUT2D eigenvalue weighted by Gasteiger charge is 2.38. The van der Waals surface area contributed by atoms with E-state index in [4.69, 9.17) is 4.74 Å². The van der Waals surface area contributed by atoms with Gasteiger partial charge in [0.05, 0.1) is 6.61 Å². The molecular formula is C17H25NO. The van der Waals surface area contributed by atoms with Crippen LogP contribution in [-0.4, -0.2) is 13.7 Å². The van der Waals surface area contributed by atoms with Crippen LogP contribution in [0, 0.1) is 17.8 Å². The van der Waals surface area contributed by atoms with Crippen LogP contribution in [0.3, 0.4) is 0 Å². The van der Waals surface area contributed by atoms with Crippen LogP contribution in [0.5, 0.6) is 0 Å². The van der Waals surface area contributed by atoms with Crippen LogP contribution >= 0.6 is 0 Å². The Balaban J connectivity index is 1.42. The van der Waals surface area contributed by atoms with Gasteiger partial charge in [0.15, 0.2) is 0 Å². The highest BCUT2D eigenvalue weighted by molar-refractivity contribution is 5.21. The number of fused-ring (bicyclic) bond motifs is 2. The van der Waals surface area contributed by atoms with Crippen molar-refractivity contribution in [1.29, 1.82) is 0 Å². The minimum Gasteiger partial charge on any atom is -0.380 e. The molecule has 0 heterocycles. The van der Waals surface area contributed by atoms with Gasteiger partial charge in [0.2, 0.25) is 0 Å². The fourth-order valence-corrected chi connectivity index (χ4v) is 3.95. The van der Waals surface area contributed by atoms with E-state index in [1.165, 1.54) is 43.4 Å². The smallest absolute Gasteiger partial charge is 0.0713 e. The molecule has 0 aromatic heterocycles. The van der Waals surface area contributed by atoms with Crippen LogP contribution in [0.1, 0.15) is 36.8 Å². The minimum absolute atomic E-state index is 0.707. The molecule has 1 aromatic carbocycles. The highest BCUT2D eigenvalue weighted by atomic mass is 16.5. The first-order valence-electron chi connectivity index (χ1n) is 7.62. The summed E-state index contributed by atoms with van der Waals surface area (Å²) in [6.45, 7) is 2.92. The third-order valence-corrected chi connectivity index (χ3v) is 4.95. The summed E-state index contributed by atoms with van der Waals surface area (Å²) in [7, 11) is 1.74. The van der Waals surface area contributed by atoms with Gasteiger partial charge in [-0.1, -0.05) is 30.7 Å². The summed E-state index contributed by atoms with van der Waals surface area (Å²) in [6.07, 6.45) is 5.98. The van der Waals surface area contributed by atoms with Crippen molar-refractivity contribution in [3.05, 3.63) is 35.4 Å². The molecule has 3 atom stereocenters. The summed E-state index contributed by atoms with van der Waals surface area (Å²) in [5.74, 6) is 3.04. The maximum Gasteiger partial charge on any atom is 0.0713 e. The van der Waals surface area contributed by atoms with Gasteiger partial charge >= 0.3 is 0 Å². The molecule has 0 amide bonds. The molecule has 1 aromatic rings. The number of benzene rings is 1. The predicted molar refractivity (Wildman–Crippen MR) is 77.8 cm³/mol. The lowest BCUT2D eigenvalue weighted by atomic mass is 9.89. The third-order valence-electron chi connectivity index (χ3n) is 4.95. The van der Waals surface area contributed by atoms with E-state index in [2.05, 4.69) is 29.6 Å². The number of hydrogen-bond acceptors (Lipinski definition) is 2. The van der Waals surface area contributed by atoms with Crippen molar-refractivity contribution >= 4 is 0 Å². The van der Waals surface area contributed by atoms with Gasteiger partial charge in [-0.25, -0.2) is 0 Å². The first-order chi connectivity index (χ1) is 9.35. The number of ether oxygens (including phenoxy) is 1. The molecule has 3 unspecified atom stereocenters. The van der Waals surface area contributed by atoms with Gasteiger partial charge in [0.25, 0.3) is 0 Å². The first kappa shape index (κ1) is 13.1. The summed E-state index contributed by atoms with van der Waals surface area (Å²) < 4.78 is 5.13. The fraction of sp³-hybridized carbons (Fsp3) is 0.647. The molecule has 104 valence electrons. The van der Waals surface area contributed by atoms with Gasteiger partial charge in [-0.2, -0.15) is 0 Å². The number of methoxy groups -OCH3 is 1. The van der Waals surface area contributed by atoms with Crippen LogP contribution in [0.25, 0.3) is 0 Å². The zero-order chi connectivity index (χ0) is 13.1. The van der Waals surface area contributed by atoms with Gasteiger partial charge in [0.1, 0.15) is 0 Å². The topological polar surface area (TPSA) is 21.3 Å². The second-order valence-electron chi connectivity index (χ2n) is 6.32. The maximum atomic E-state index is 5.13. The van der Waals surface area contributed by atoms with E-state index in [1.54, 1.807) is 7.11 Å². The Kier molecular flexibility index (Phi) is 4.19. The Morgan fingerprint density at radius 3 is 2.53 bits per heavy atom. The zero-order valence-electron chi connectivity index (χ0n) is 11.9. The Hall–Kier alpha value is -0.860. The predicted octanol–water partition coefficient (Wildman–Crippen LogP) is 3.36. The van der Waals surface area contributed by atoms with E-state index in [0.717, 1.165) is 24.3 Å². The summed E-state index contributed by atoms with van der Waals surface area (Å²) in [6, 6.07) is 8.75. The van der Waals surface area contributed by atoms with Crippen LogP contribution in [0.4, 0.5) is 0 Å². The standard InChI is InChI=1S/C17H25NO/c1-19-12-14-4-2-13(3-5-14)10-18-11-17-9-15-6-7-16(17)8-15/h2-5,15-18H,6-12H2,1H3. The summed E-state index contributed by atoms with van der Waals surface area (Å²) in [5, 5.41) is 3.65. The fourth-order valence-electron chi connectivity index (χ4n) is 3.95. The van der Waals surface area contributed by atoms with Crippen molar-refractivity contribution in [2.45, 2.75) is 38.8 Å². The number of hydrogen-bond donors (Lipinski definition) is 1. The Morgan fingerprint density at radius 1 is 1.11 bits per heavy atom. The van der Waals surface area contributed by atoms with Crippen LogP contribution in [0.15, 0.2) is 24.3 Å². The molecular weight excluding hydrogens is 234 g/mol. The Bertz CT molecular complexity index is 400. The second-order valence-corrected chi connectivity index (χ2v) is 6.32. The average molecular weight is 259 g/mol. The van der Waals surface area contributed by atoms with Gasteiger partial charge in [0, 0.05) is 13.7 Å². The lowest BCUT2D eigenvalue weighted by Crippen LogP contribution is -2.26. The average Bonchev–Trinajstić information content (AvgIpc) is 3.03. The molecule has 0 saturated heterocycles. The van der Waals surface area contributed by atoms with Crippen LogP contribution in [0.2, 0.25) is 0 Å². The molecule has 2 nitrogen and oxygen atoms in total. The van der Waals surface area contributed by atoms with Crippen LogP contribution in [-0.2, 0) is 17.9 Å². The number of nitrogens with one attached hydrogen (secondary N) is 1. The first-order valence-corrected chi connectivity index (χ1v) is 7.62. The van der Waals surface area contributed by atoms with Crippen molar-refractivity contribution in [1.82, 2.24) is 5.32 Å². The molecule has 1 N–H and O–H groups in total. The lowest BCUT2D eigenvalue weighted by Gasteiger charge is -2.21. The Morgan fingerprint density at radius 2 is 1.89 bits per heavy atom. The van der Waals surface area contributed by atoms with E-state index in [-0.39, 0.29) is 0 Å². The van der Waals surface area contributed by atoms with Crippen molar-refractivity contribution in [2.24, 2.45) is 17.8 Å². The van der Waals surface area contributed by atoms with Crippen molar-refractivity contribution in [3.63, 3.8) is 0 Å². The molecule has 2 fully saturated rings. The van der Waals surface area contributed by atoms with Crippen molar-refractivity contribution in [3.8, 4) is 0 Å². The van der Waals surface area contributed by atoms with E-state index in [0.29, 0.717) is 6.61 Å². The minimum atomic E-state index is 0.707. The summed E-state index contributed by atoms with van der Waals surface area (Å²) >= 11 is 0. The molecule has 3 rings (SSSR count). The molecule has 2 heteroatoms. The zero-order valence-corrected chi connectivity index (χ0v) is 11.9. The van der Waals surface area contributed by atoms with Gasteiger partial charge in [-0.05, 0) is 54.7 Å². The van der Waals surface area contributed by atoms with Gasteiger partial charge < -0.3 is 10.1 Å². The monoisotopic (exact) mass is 259 g/mol. The van der Waals surface area contributed by atoms with Crippen LogP contribution < -0.4 is 5.32 Å². The quantitative estimate of drug-likeness (QED) is 0.846. The third kappa shape index (κ3) is 3.18. The molecule has 0 radical (unpaired) electrons. The Labute approximate surface area is 116 Å². The molecule has 2 aliphatic rings. The van der Waals surface area contributed by atoms with Gasteiger partial charge in [-0.15, -0.1) is 0 Å². The van der Waals surface area contributed by atoms with Crippen molar-refractivity contribution in [2.75, 3.05) is 13.7 Å². The molecule has 2 bridgehead atoms. The number of rotatable bonds is 6. The maximum absolute atomic E-state index is 5.13. The summed E-state index contributed by atoms with van der Waals surface area (Å²) in [4.78, 5) is 0. The molecule has 2 saturated carbocycles. The largest absolute Gasteiger partial charge is 0.380 e. The van der Waals surface area contributed by atoms with E-state index < -0.39 is 0 Å². The second kappa shape index (κ2) is 6.06. The van der Waals surface area contributed by atoms with E-state index in [1.807, 2.05) is 0 Å². The SMILES string of the molecule is COCc1ccc(CNCC2CC3CCC2C3)cc1. The molecule has 19 heavy (non-hydrogen) atoms. The van der Waals surface area contributed by atoms with E-state index in [9.17, 15) is 0 Å². The van der Waals surface area contributed by atoms with E-state index >= 15 is 0 Å². The van der Waals surface area contributed by atoms with Crippen molar-refractivity contribution < 1.29 is 4.74 Å². The molecule has 2 aliphatic carbocycles.